The van der Waals surface area contributed by atoms with Crippen LogP contribution in [0.3, 0.4) is 0 Å². The van der Waals surface area contributed by atoms with Crippen molar-refractivity contribution in [2.45, 2.75) is 19.4 Å². The van der Waals surface area contributed by atoms with Crippen molar-refractivity contribution in [3.8, 4) is 17.1 Å². The van der Waals surface area contributed by atoms with Crippen molar-refractivity contribution in [2.75, 3.05) is 6.61 Å². The molecule has 2 heterocycles. The van der Waals surface area contributed by atoms with Crippen molar-refractivity contribution in [1.29, 1.82) is 0 Å². The Morgan fingerprint density at radius 2 is 1.70 bits per heavy atom. The van der Waals surface area contributed by atoms with Gasteiger partial charge >= 0.3 is 5.91 Å². The number of aromatic nitrogens is 3. The van der Waals surface area contributed by atoms with Gasteiger partial charge in [-0.25, -0.2) is 19.5 Å². The molecule has 188 valence electrons. The van der Waals surface area contributed by atoms with Crippen LogP contribution in [-0.2, 0) is 20.8 Å². The molecule has 1 unspecified atom stereocenters. The number of benzene rings is 2. The Morgan fingerprint density at radius 1 is 1.00 bits per heavy atom. The van der Waals surface area contributed by atoms with Gasteiger partial charge in [0.1, 0.15) is 11.7 Å². The lowest BCUT2D eigenvalue weighted by Crippen LogP contribution is -2.48. The minimum atomic E-state index is -1.20. The highest BCUT2D eigenvalue weighted by molar-refractivity contribution is 6.38. The predicted octanol–water partition coefficient (Wildman–Crippen LogP) is 3.05. The average molecular weight is 502 g/mol. The number of rotatable bonds is 10. The molecule has 10 heteroatoms. The highest BCUT2D eigenvalue weighted by atomic mass is 19.1. The second-order valence-electron chi connectivity index (χ2n) is 7.96. The third-order valence-corrected chi connectivity index (χ3v) is 5.40. The molecule has 4 rings (SSSR count). The fourth-order valence-electron chi connectivity index (χ4n) is 3.65. The summed E-state index contributed by atoms with van der Waals surface area (Å²) in [5.41, 5.74) is 3.51. The van der Waals surface area contributed by atoms with Crippen LogP contribution < -0.4 is 10.8 Å². The van der Waals surface area contributed by atoms with Gasteiger partial charge in [0.15, 0.2) is 11.6 Å². The zero-order valence-electron chi connectivity index (χ0n) is 19.9. The van der Waals surface area contributed by atoms with Gasteiger partial charge in [-0.15, -0.1) is 0 Å². The molecule has 0 spiro atoms. The maximum Gasteiger partial charge on any atom is 0.313 e. The van der Waals surface area contributed by atoms with E-state index in [-0.39, 0.29) is 30.1 Å². The number of Topliss-reactive ketones (excluding diaryl/α,β-unsaturated/α-hetero) is 1. The third kappa shape index (κ3) is 6.11. The monoisotopic (exact) mass is 501 g/mol. The van der Waals surface area contributed by atoms with Crippen molar-refractivity contribution >= 4 is 17.6 Å². The van der Waals surface area contributed by atoms with E-state index < -0.39 is 29.5 Å². The summed E-state index contributed by atoms with van der Waals surface area (Å²) >= 11 is 0. The summed E-state index contributed by atoms with van der Waals surface area (Å²) in [6.07, 6.45) is 2.63. The van der Waals surface area contributed by atoms with Crippen LogP contribution in [0.1, 0.15) is 22.8 Å². The zero-order valence-corrected chi connectivity index (χ0v) is 19.9. The number of hydrogen-bond acceptors (Lipinski definition) is 6. The summed E-state index contributed by atoms with van der Waals surface area (Å²) in [4.78, 5) is 47.6. The number of nitrogens with zero attached hydrogens (tertiary/aromatic N) is 3. The lowest BCUT2D eigenvalue weighted by molar-refractivity contribution is -0.146. The van der Waals surface area contributed by atoms with Gasteiger partial charge in [-0.3, -0.25) is 19.2 Å². The molecule has 0 aliphatic rings. The van der Waals surface area contributed by atoms with Crippen LogP contribution >= 0.6 is 0 Å². The molecule has 0 saturated heterocycles. The van der Waals surface area contributed by atoms with Crippen LogP contribution in [0.25, 0.3) is 17.1 Å². The summed E-state index contributed by atoms with van der Waals surface area (Å²) in [6.45, 7) is 1.82. The van der Waals surface area contributed by atoms with Crippen LogP contribution in [0.2, 0.25) is 0 Å². The van der Waals surface area contributed by atoms with Gasteiger partial charge in [-0.2, -0.15) is 5.10 Å². The van der Waals surface area contributed by atoms with E-state index in [9.17, 15) is 18.8 Å². The van der Waals surface area contributed by atoms with Crippen LogP contribution in [0.15, 0.2) is 85.2 Å². The second-order valence-corrected chi connectivity index (χ2v) is 7.96. The summed E-state index contributed by atoms with van der Waals surface area (Å²) in [7, 11) is 0. The van der Waals surface area contributed by atoms with Gasteiger partial charge in [0, 0.05) is 18.2 Å². The first-order chi connectivity index (χ1) is 18.0. The Labute approximate surface area is 212 Å². The van der Waals surface area contributed by atoms with Gasteiger partial charge < -0.3 is 5.32 Å². The number of ketones is 1. The van der Waals surface area contributed by atoms with Gasteiger partial charge in [0.25, 0.3) is 5.91 Å². The average Bonchev–Trinajstić information content (AvgIpc) is 3.33. The van der Waals surface area contributed by atoms with Crippen molar-refractivity contribution in [3.63, 3.8) is 0 Å². The molecular formula is C27H24FN5O4. The van der Waals surface area contributed by atoms with E-state index in [1.54, 1.807) is 61.5 Å². The Kier molecular flexibility index (Phi) is 8.11. The van der Waals surface area contributed by atoms with Crippen molar-refractivity contribution in [1.82, 2.24) is 25.6 Å². The van der Waals surface area contributed by atoms with Crippen LogP contribution in [0.4, 0.5) is 4.39 Å². The quantitative estimate of drug-likeness (QED) is 0.255. The number of carbonyl (C=O) groups is 3. The van der Waals surface area contributed by atoms with E-state index in [0.29, 0.717) is 5.56 Å². The Bertz CT molecular complexity index is 1390. The molecule has 0 aliphatic heterocycles. The van der Waals surface area contributed by atoms with Crippen molar-refractivity contribution in [2.24, 2.45) is 0 Å². The first-order valence-electron chi connectivity index (χ1n) is 11.5. The molecule has 0 bridgehead atoms. The first kappa shape index (κ1) is 25.4. The largest absolute Gasteiger partial charge is 0.341 e. The first-order valence-corrected chi connectivity index (χ1v) is 11.5. The molecule has 0 fully saturated rings. The van der Waals surface area contributed by atoms with Crippen LogP contribution in [0.5, 0.6) is 0 Å². The Balaban J connectivity index is 1.63. The minimum absolute atomic E-state index is 0.0423. The topological polar surface area (TPSA) is 115 Å². The van der Waals surface area contributed by atoms with Gasteiger partial charge in [-0.05, 0) is 24.6 Å². The molecule has 1 atom stereocenters. The van der Waals surface area contributed by atoms with Gasteiger partial charge in [0.05, 0.1) is 18.4 Å². The Morgan fingerprint density at radius 3 is 2.41 bits per heavy atom. The normalized spacial score (nSPS) is 11.5. The maximum atomic E-state index is 14.8. The van der Waals surface area contributed by atoms with Gasteiger partial charge in [-0.1, -0.05) is 60.7 Å². The molecule has 2 N–H and O–H groups in total. The smallest absolute Gasteiger partial charge is 0.313 e. The van der Waals surface area contributed by atoms with Crippen molar-refractivity contribution < 1.29 is 23.6 Å². The Hall–Kier alpha value is -4.70. The number of hydrogen-bond donors (Lipinski definition) is 2. The van der Waals surface area contributed by atoms with Crippen LogP contribution in [0, 0.1) is 5.82 Å². The maximum absolute atomic E-state index is 14.8. The number of halogens is 1. The molecule has 0 aliphatic carbocycles. The van der Waals surface area contributed by atoms with E-state index >= 15 is 0 Å². The molecule has 2 aromatic carbocycles. The van der Waals surface area contributed by atoms with Crippen molar-refractivity contribution in [3.05, 3.63) is 102 Å². The standard InChI is InChI=1S/C27H24FN5O4/c1-2-37-32-27(36)24(34)22(16-18-10-5-3-6-11-18)30-26(35)20-14-9-15-29-25(20)33-17-21(28)23(31-33)19-12-7-4-8-13-19/h3-15,17,22H,2,16H2,1H3,(H,30,35)(H,32,36). The molecule has 2 amide bonds. The van der Waals surface area contributed by atoms with Crippen LogP contribution in [-0.4, -0.2) is 45.0 Å². The minimum Gasteiger partial charge on any atom is -0.341 e. The van der Waals surface area contributed by atoms with E-state index in [2.05, 4.69) is 20.9 Å². The number of pyridine rings is 1. The van der Waals surface area contributed by atoms with E-state index in [4.69, 9.17) is 4.84 Å². The molecule has 4 aromatic rings. The number of amides is 2. The highest BCUT2D eigenvalue weighted by Crippen LogP contribution is 2.22. The summed E-state index contributed by atoms with van der Waals surface area (Å²) in [5.74, 6) is -3.08. The highest BCUT2D eigenvalue weighted by Gasteiger charge is 2.29. The zero-order chi connectivity index (χ0) is 26.2. The van der Waals surface area contributed by atoms with E-state index in [1.165, 1.54) is 23.0 Å². The molecular weight excluding hydrogens is 477 g/mol. The fourth-order valence-corrected chi connectivity index (χ4v) is 3.65. The molecule has 0 saturated carbocycles. The summed E-state index contributed by atoms with van der Waals surface area (Å²) in [5, 5.41) is 6.91. The SMILES string of the molecule is CCONC(=O)C(=O)C(Cc1ccccc1)NC(=O)c1cccnc1-n1cc(F)c(-c2ccccc2)n1. The lowest BCUT2D eigenvalue weighted by Gasteiger charge is -2.18. The number of hydroxylamine groups is 1. The third-order valence-electron chi connectivity index (χ3n) is 5.40. The second kappa shape index (κ2) is 11.8. The molecule has 2 aromatic heterocycles. The number of carbonyl (C=O) groups excluding carboxylic acids is 3. The van der Waals surface area contributed by atoms with Gasteiger partial charge in [0.2, 0.25) is 5.78 Å². The lowest BCUT2D eigenvalue weighted by atomic mass is 10.0. The molecule has 0 radical (unpaired) electrons. The fraction of sp³-hybridized carbons (Fsp3) is 0.148. The molecule has 9 nitrogen and oxygen atoms in total. The predicted molar refractivity (Wildman–Crippen MR) is 133 cm³/mol. The summed E-state index contributed by atoms with van der Waals surface area (Å²) in [6, 6.07) is 19.5. The van der Waals surface area contributed by atoms with E-state index in [1.807, 2.05) is 6.07 Å². The molecule has 37 heavy (non-hydrogen) atoms. The summed E-state index contributed by atoms with van der Waals surface area (Å²) < 4.78 is 15.9. The van der Waals surface area contributed by atoms with E-state index in [0.717, 1.165) is 11.8 Å². The number of nitrogens with one attached hydrogen (secondary N) is 2.